The zero-order chi connectivity index (χ0) is 8.27. The second-order valence-corrected chi connectivity index (χ2v) is 2.68. The van der Waals surface area contributed by atoms with Crippen LogP contribution in [-0.2, 0) is 0 Å². The van der Waals surface area contributed by atoms with Crippen LogP contribution in [0.25, 0.3) is 0 Å². The fraction of sp³-hybridized carbons (Fsp3) is 0. The molecule has 1 amide bonds. The lowest BCUT2D eigenvalue weighted by atomic mass is 10.5. The van der Waals surface area contributed by atoms with Gasteiger partial charge in [-0.3, -0.25) is 4.98 Å². The first-order valence-electron chi connectivity index (χ1n) is 2.76. The van der Waals surface area contributed by atoms with Crippen LogP contribution < -0.4 is 10.5 Å². The Labute approximate surface area is 71.5 Å². The quantitative estimate of drug-likeness (QED) is 0.770. The first-order valence-corrected chi connectivity index (χ1v) is 3.55. The minimum absolute atomic E-state index is 0.326. The molecule has 0 spiro atoms. The van der Waals surface area contributed by atoms with E-state index in [-0.39, 0.29) is 0 Å². The number of nitrogens with two attached hydrogens (primary N) is 1. The average Bonchev–Trinajstić information content (AvgIpc) is 1.85. The number of primary amides is 1. The first-order chi connectivity index (χ1) is 5.18. The Morgan fingerprint density at radius 1 is 1.64 bits per heavy atom. The van der Waals surface area contributed by atoms with Gasteiger partial charge in [0.25, 0.3) is 0 Å². The second kappa shape index (κ2) is 3.34. The van der Waals surface area contributed by atoms with Crippen LogP contribution in [-0.4, -0.2) is 11.1 Å². The third-order valence-electron chi connectivity index (χ3n) is 0.898. The molecule has 5 heteroatoms. The number of ether oxygens (including phenoxy) is 1. The molecule has 1 aromatic rings. The molecule has 1 heterocycles. The minimum atomic E-state index is -0.843. The molecule has 0 aliphatic rings. The van der Waals surface area contributed by atoms with E-state index in [1.807, 2.05) is 0 Å². The summed E-state index contributed by atoms with van der Waals surface area (Å²) in [5.41, 5.74) is 4.77. The molecule has 0 aliphatic carbocycles. The number of amides is 1. The van der Waals surface area contributed by atoms with Crippen molar-refractivity contribution in [1.82, 2.24) is 4.98 Å². The van der Waals surface area contributed by atoms with Crippen molar-refractivity contribution < 1.29 is 9.53 Å². The second-order valence-electron chi connectivity index (χ2n) is 1.76. The topological polar surface area (TPSA) is 65.2 Å². The Bertz CT molecular complexity index is 277. The molecule has 1 rings (SSSR count). The number of nitrogens with zero attached hydrogens (tertiary/aromatic N) is 1. The molecule has 0 aliphatic heterocycles. The van der Waals surface area contributed by atoms with Gasteiger partial charge < -0.3 is 10.5 Å². The first kappa shape index (κ1) is 8.00. The van der Waals surface area contributed by atoms with Gasteiger partial charge in [-0.25, -0.2) is 4.79 Å². The molecule has 1 aromatic heterocycles. The SMILES string of the molecule is NC(=O)Oc1cncc(Br)c1. The van der Waals surface area contributed by atoms with Crippen LogP contribution in [0.5, 0.6) is 5.75 Å². The summed E-state index contributed by atoms with van der Waals surface area (Å²) >= 11 is 3.16. The van der Waals surface area contributed by atoms with Crippen LogP contribution in [0.2, 0.25) is 0 Å². The summed E-state index contributed by atoms with van der Waals surface area (Å²) in [5.74, 6) is 0.326. The monoisotopic (exact) mass is 216 g/mol. The predicted octanol–water partition coefficient (Wildman–Crippen LogP) is 1.30. The summed E-state index contributed by atoms with van der Waals surface area (Å²) in [4.78, 5) is 14.0. The van der Waals surface area contributed by atoms with E-state index in [2.05, 4.69) is 25.7 Å². The number of carbonyl (C=O) groups is 1. The molecule has 0 fully saturated rings. The molecule has 2 N–H and O–H groups in total. The molecule has 0 bridgehead atoms. The predicted molar refractivity (Wildman–Crippen MR) is 42.1 cm³/mol. The maximum atomic E-state index is 10.2. The van der Waals surface area contributed by atoms with E-state index in [1.54, 1.807) is 12.3 Å². The summed E-state index contributed by atoms with van der Waals surface area (Å²) in [6.45, 7) is 0. The molecule has 0 aromatic carbocycles. The van der Waals surface area contributed by atoms with Gasteiger partial charge in [0.05, 0.1) is 6.20 Å². The molecule has 0 atom stereocenters. The van der Waals surface area contributed by atoms with Gasteiger partial charge in [-0.05, 0) is 22.0 Å². The Hall–Kier alpha value is -1.10. The van der Waals surface area contributed by atoms with Crippen molar-refractivity contribution in [3.8, 4) is 5.75 Å². The van der Waals surface area contributed by atoms with Gasteiger partial charge in [-0.1, -0.05) is 0 Å². The number of hydrogen-bond acceptors (Lipinski definition) is 3. The highest BCUT2D eigenvalue weighted by atomic mass is 79.9. The van der Waals surface area contributed by atoms with Gasteiger partial charge in [0, 0.05) is 10.7 Å². The van der Waals surface area contributed by atoms with E-state index >= 15 is 0 Å². The van der Waals surface area contributed by atoms with Crippen LogP contribution in [0.3, 0.4) is 0 Å². The van der Waals surface area contributed by atoms with Crippen molar-refractivity contribution >= 4 is 22.0 Å². The summed E-state index contributed by atoms with van der Waals surface area (Å²) in [5, 5.41) is 0. The lowest BCUT2D eigenvalue weighted by Gasteiger charge is -1.98. The van der Waals surface area contributed by atoms with E-state index in [9.17, 15) is 4.79 Å². The molecular weight excluding hydrogens is 212 g/mol. The van der Waals surface area contributed by atoms with Gasteiger partial charge in [-0.15, -0.1) is 0 Å². The third kappa shape index (κ3) is 2.55. The standard InChI is InChI=1S/C6H5BrN2O2/c7-4-1-5(3-9-2-4)11-6(8)10/h1-3H,(H2,8,10). The summed E-state index contributed by atoms with van der Waals surface area (Å²) in [6.07, 6.45) is 2.13. The number of carbonyl (C=O) groups excluding carboxylic acids is 1. The fourth-order valence-electron chi connectivity index (χ4n) is 0.564. The van der Waals surface area contributed by atoms with Crippen molar-refractivity contribution in [2.45, 2.75) is 0 Å². The van der Waals surface area contributed by atoms with E-state index in [1.165, 1.54) is 6.20 Å². The molecule has 0 unspecified atom stereocenters. The molecule has 0 saturated heterocycles. The lowest BCUT2D eigenvalue weighted by Crippen LogP contribution is -2.16. The van der Waals surface area contributed by atoms with E-state index in [0.717, 1.165) is 4.47 Å². The van der Waals surface area contributed by atoms with Gasteiger partial charge in [0.15, 0.2) is 5.75 Å². The highest BCUT2D eigenvalue weighted by molar-refractivity contribution is 9.10. The van der Waals surface area contributed by atoms with Gasteiger partial charge >= 0.3 is 6.09 Å². The molecule has 58 valence electrons. The maximum absolute atomic E-state index is 10.2. The highest BCUT2D eigenvalue weighted by Crippen LogP contribution is 2.15. The molecular formula is C6H5BrN2O2. The summed E-state index contributed by atoms with van der Waals surface area (Å²) < 4.78 is 5.27. The molecule has 0 saturated carbocycles. The zero-order valence-electron chi connectivity index (χ0n) is 5.45. The number of halogens is 1. The Balaban J connectivity index is 2.79. The Morgan fingerprint density at radius 3 is 2.91 bits per heavy atom. The average molecular weight is 217 g/mol. The van der Waals surface area contributed by atoms with Gasteiger partial charge in [0.2, 0.25) is 0 Å². The van der Waals surface area contributed by atoms with Crippen molar-refractivity contribution in [3.63, 3.8) is 0 Å². The molecule has 11 heavy (non-hydrogen) atoms. The smallest absolute Gasteiger partial charge is 0.409 e. The lowest BCUT2D eigenvalue weighted by molar-refractivity contribution is 0.210. The van der Waals surface area contributed by atoms with Crippen LogP contribution in [0.15, 0.2) is 22.9 Å². The number of pyridine rings is 1. The number of hydrogen-bond donors (Lipinski definition) is 1. The number of aromatic nitrogens is 1. The molecule has 0 radical (unpaired) electrons. The molecule has 4 nitrogen and oxygen atoms in total. The third-order valence-corrected chi connectivity index (χ3v) is 1.33. The van der Waals surface area contributed by atoms with Gasteiger partial charge in [-0.2, -0.15) is 0 Å². The Morgan fingerprint density at radius 2 is 2.36 bits per heavy atom. The summed E-state index contributed by atoms with van der Waals surface area (Å²) in [6, 6.07) is 1.60. The Kier molecular flexibility index (Phi) is 2.43. The highest BCUT2D eigenvalue weighted by Gasteiger charge is 1.98. The number of rotatable bonds is 1. The van der Waals surface area contributed by atoms with Crippen LogP contribution >= 0.6 is 15.9 Å². The van der Waals surface area contributed by atoms with Crippen molar-refractivity contribution in [2.75, 3.05) is 0 Å². The minimum Gasteiger partial charge on any atom is -0.409 e. The van der Waals surface area contributed by atoms with Crippen LogP contribution in [0, 0.1) is 0 Å². The fourth-order valence-corrected chi connectivity index (χ4v) is 0.908. The van der Waals surface area contributed by atoms with Crippen molar-refractivity contribution in [2.24, 2.45) is 5.73 Å². The zero-order valence-corrected chi connectivity index (χ0v) is 7.04. The van der Waals surface area contributed by atoms with Crippen LogP contribution in [0.1, 0.15) is 0 Å². The summed E-state index contributed by atoms with van der Waals surface area (Å²) in [7, 11) is 0. The van der Waals surface area contributed by atoms with E-state index < -0.39 is 6.09 Å². The normalized spacial score (nSPS) is 9.18. The maximum Gasteiger partial charge on any atom is 0.410 e. The van der Waals surface area contributed by atoms with E-state index in [0.29, 0.717) is 5.75 Å². The van der Waals surface area contributed by atoms with E-state index in [4.69, 9.17) is 5.73 Å². The van der Waals surface area contributed by atoms with Crippen LogP contribution in [0.4, 0.5) is 4.79 Å². The van der Waals surface area contributed by atoms with Crippen molar-refractivity contribution in [3.05, 3.63) is 22.9 Å². The largest absolute Gasteiger partial charge is 0.410 e. The van der Waals surface area contributed by atoms with Crippen molar-refractivity contribution in [1.29, 1.82) is 0 Å². The van der Waals surface area contributed by atoms with Gasteiger partial charge in [0.1, 0.15) is 0 Å².